The molecule has 14 heavy (non-hydrogen) atoms. The van der Waals surface area contributed by atoms with Crippen LogP contribution in [-0.4, -0.2) is 13.5 Å². The Morgan fingerprint density at radius 2 is 2.14 bits per heavy atom. The van der Waals surface area contributed by atoms with Gasteiger partial charge in [0.25, 0.3) is 0 Å². The van der Waals surface area contributed by atoms with Gasteiger partial charge in [-0.2, -0.15) is 0 Å². The van der Waals surface area contributed by atoms with Gasteiger partial charge in [0, 0.05) is 0 Å². The molecular weight excluding hydrogens is 167 g/mol. The second-order valence-corrected chi connectivity index (χ2v) is 5.46. The molecule has 0 saturated heterocycles. The molecule has 0 aromatic carbocycles. The predicted molar refractivity (Wildman–Crippen MR) is 65.1 cm³/mol. The number of unbranched alkanes of at least 4 members (excludes halogenated alkanes) is 1. The summed E-state index contributed by atoms with van der Waals surface area (Å²) >= 11 is 0. The van der Waals surface area contributed by atoms with E-state index in [1.165, 1.54) is 32.1 Å². The van der Waals surface area contributed by atoms with E-state index in [2.05, 4.69) is 27.3 Å². The summed E-state index contributed by atoms with van der Waals surface area (Å²) in [5, 5.41) is 0. The number of hydrogen-bond donors (Lipinski definition) is 0. The van der Waals surface area contributed by atoms with Gasteiger partial charge in [-0.3, -0.25) is 0 Å². The zero-order chi connectivity index (χ0) is 10.1. The first-order valence-corrected chi connectivity index (χ1v) is 6.40. The molecule has 1 heteroatoms. The molecule has 0 heterocycles. The summed E-state index contributed by atoms with van der Waals surface area (Å²) in [6.45, 7) is 4.80. The number of fused-ring (bicyclic) bond motifs is 2. The monoisotopic (exact) mass is 190 g/mol. The van der Waals surface area contributed by atoms with E-state index >= 15 is 0 Å². The first-order chi connectivity index (χ1) is 6.77. The molecule has 0 N–H and O–H groups in total. The molecule has 0 aromatic rings. The van der Waals surface area contributed by atoms with Crippen molar-refractivity contribution < 1.29 is 0 Å². The van der Waals surface area contributed by atoms with Gasteiger partial charge in [0.2, 0.25) is 0 Å². The number of rotatable bonds is 4. The summed E-state index contributed by atoms with van der Waals surface area (Å²) in [5.41, 5.74) is 0. The quantitative estimate of drug-likeness (QED) is 0.598. The zero-order valence-electron chi connectivity index (χ0n) is 9.71. The van der Waals surface area contributed by atoms with Gasteiger partial charge in [0.15, 0.2) is 0 Å². The average molecular weight is 190 g/mol. The molecule has 2 aliphatic carbocycles. The van der Waals surface area contributed by atoms with Crippen molar-refractivity contribution in [2.24, 2.45) is 29.6 Å². The Hall–Kier alpha value is -0.0651. The first kappa shape index (κ1) is 10.5. The van der Waals surface area contributed by atoms with Crippen LogP contribution in [0.5, 0.6) is 0 Å². The Morgan fingerprint density at radius 1 is 1.36 bits per heavy atom. The Balaban J connectivity index is 1.95. The fraction of sp³-hybridized carbons (Fsp3) is 0.923. The average Bonchev–Trinajstić information content (AvgIpc) is 2.73. The second kappa shape index (κ2) is 4.20. The van der Waals surface area contributed by atoms with Crippen molar-refractivity contribution >= 4 is 13.5 Å². The second-order valence-electron chi connectivity index (χ2n) is 5.46. The van der Waals surface area contributed by atoms with Crippen LogP contribution >= 0.6 is 0 Å². The molecule has 5 unspecified atom stereocenters. The molecule has 0 radical (unpaired) electrons. The predicted octanol–water partition coefficient (Wildman–Crippen LogP) is 2.79. The number of hydrogen-bond acceptors (Lipinski definition) is 0. The van der Waals surface area contributed by atoms with E-state index in [4.69, 9.17) is 0 Å². The topological polar surface area (TPSA) is 0 Å². The Labute approximate surface area is 89.5 Å². The van der Waals surface area contributed by atoms with Crippen LogP contribution in [0.4, 0.5) is 0 Å². The van der Waals surface area contributed by atoms with E-state index in [0.717, 1.165) is 29.6 Å². The van der Waals surface area contributed by atoms with E-state index in [1.54, 1.807) is 0 Å². The van der Waals surface area contributed by atoms with E-state index in [-0.39, 0.29) is 0 Å². The van der Waals surface area contributed by atoms with Crippen LogP contribution in [0, 0.1) is 29.6 Å². The molecule has 0 amide bonds. The molecular formula is C13H23B. The fourth-order valence-corrected chi connectivity index (χ4v) is 4.06. The van der Waals surface area contributed by atoms with Gasteiger partial charge in [-0.1, -0.05) is 0 Å². The summed E-state index contributed by atoms with van der Waals surface area (Å²) in [6.07, 6.45) is 7.25. The first-order valence-electron chi connectivity index (χ1n) is 6.40. The van der Waals surface area contributed by atoms with Gasteiger partial charge in [0.05, 0.1) is 0 Å². The van der Waals surface area contributed by atoms with Gasteiger partial charge in [-0.25, -0.2) is 0 Å². The van der Waals surface area contributed by atoms with E-state index in [9.17, 15) is 0 Å². The third-order valence-corrected chi connectivity index (χ3v) is 4.85. The van der Waals surface area contributed by atoms with Gasteiger partial charge >= 0.3 is 89.0 Å². The van der Waals surface area contributed by atoms with E-state index < -0.39 is 0 Å². The van der Waals surface area contributed by atoms with Crippen LogP contribution in [0.15, 0.2) is 0 Å². The van der Waals surface area contributed by atoms with Crippen LogP contribution < -0.4 is 0 Å². The van der Waals surface area contributed by atoms with Crippen molar-refractivity contribution in [3.63, 3.8) is 0 Å². The summed E-state index contributed by atoms with van der Waals surface area (Å²) in [6, 6.07) is 0. The minimum absolute atomic E-state index is 0.855. The van der Waals surface area contributed by atoms with Crippen molar-refractivity contribution in [1.29, 1.82) is 0 Å². The van der Waals surface area contributed by atoms with Crippen molar-refractivity contribution in [2.75, 3.05) is 0 Å². The molecule has 0 spiro atoms. The fourth-order valence-electron chi connectivity index (χ4n) is 4.06. The van der Waals surface area contributed by atoms with Crippen LogP contribution in [-0.2, 0) is 0 Å². The zero-order valence-corrected chi connectivity index (χ0v) is 9.71. The van der Waals surface area contributed by atoms with Crippen molar-refractivity contribution in [2.45, 2.75) is 46.0 Å². The van der Waals surface area contributed by atoms with Gasteiger partial charge in [0.1, 0.15) is 0 Å². The van der Waals surface area contributed by atoms with Crippen LogP contribution in [0.25, 0.3) is 0 Å². The molecule has 2 bridgehead atoms. The molecule has 5 atom stereocenters. The molecule has 2 fully saturated rings. The summed E-state index contributed by atoms with van der Waals surface area (Å²) < 4.78 is 0. The van der Waals surface area contributed by atoms with Crippen LogP contribution in [0.1, 0.15) is 46.0 Å². The van der Waals surface area contributed by atoms with E-state index in [0.29, 0.717) is 0 Å². The van der Waals surface area contributed by atoms with Crippen LogP contribution in [0.2, 0.25) is 0 Å². The third-order valence-electron chi connectivity index (χ3n) is 4.85. The Morgan fingerprint density at radius 3 is 2.71 bits per heavy atom. The Kier molecular flexibility index (Phi) is 3.14. The van der Waals surface area contributed by atoms with Crippen molar-refractivity contribution in [1.82, 2.24) is 0 Å². The SMILES string of the molecule is B=CC1CC2CC1C(C)C2CCCC. The van der Waals surface area contributed by atoms with Gasteiger partial charge in [-0.05, 0) is 0 Å². The summed E-state index contributed by atoms with van der Waals surface area (Å²) in [5.74, 6) is 7.13. The molecule has 2 aliphatic rings. The molecule has 0 aliphatic heterocycles. The molecule has 2 rings (SSSR count). The Bertz CT molecular complexity index is 209. The molecule has 0 aromatic heterocycles. The van der Waals surface area contributed by atoms with E-state index in [1.807, 2.05) is 0 Å². The molecule has 0 nitrogen and oxygen atoms in total. The normalized spacial score (nSPS) is 45.6. The summed E-state index contributed by atoms with van der Waals surface area (Å²) in [4.78, 5) is 0. The third kappa shape index (κ3) is 1.59. The maximum absolute atomic E-state index is 3.98. The molecule has 78 valence electrons. The van der Waals surface area contributed by atoms with Gasteiger partial charge < -0.3 is 0 Å². The van der Waals surface area contributed by atoms with Crippen molar-refractivity contribution in [3.8, 4) is 0 Å². The standard InChI is InChI=1S/C13H23B/c1-3-4-5-12-9(2)13-7-10(12)6-11(13)8-14/h8-14H,3-7H2,1-2H3. The molecule has 2 saturated carbocycles. The minimum atomic E-state index is 0.855. The maximum atomic E-state index is 3.98. The summed E-state index contributed by atoms with van der Waals surface area (Å²) in [7, 11) is 3.98. The van der Waals surface area contributed by atoms with Gasteiger partial charge in [-0.15, -0.1) is 0 Å². The van der Waals surface area contributed by atoms with Crippen molar-refractivity contribution in [3.05, 3.63) is 0 Å². The van der Waals surface area contributed by atoms with Crippen LogP contribution in [0.3, 0.4) is 0 Å².